The van der Waals surface area contributed by atoms with Crippen molar-refractivity contribution in [3.05, 3.63) is 77.9 Å². The first-order chi connectivity index (χ1) is 10.8. The first kappa shape index (κ1) is 13.4. The van der Waals surface area contributed by atoms with Crippen LogP contribution in [0.4, 0.5) is 0 Å². The van der Waals surface area contributed by atoms with Gasteiger partial charge in [0.05, 0.1) is 11.7 Å². The summed E-state index contributed by atoms with van der Waals surface area (Å²) in [5.41, 5.74) is 3.93. The van der Waals surface area contributed by atoms with Crippen LogP contribution in [0.25, 0.3) is 0 Å². The van der Waals surface area contributed by atoms with E-state index in [1.807, 2.05) is 18.5 Å². The molecule has 2 heterocycles. The van der Waals surface area contributed by atoms with Crippen LogP contribution < -0.4 is 5.32 Å². The second-order valence-corrected chi connectivity index (χ2v) is 6.26. The van der Waals surface area contributed by atoms with Crippen molar-refractivity contribution in [1.82, 2.24) is 15.2 Å². The molecule has 112 valence electrons. The van der Waals surface area contributed by atoms with Crippen LogP contribution in [0.1, 0.15) is 31.5 Å². The van der Waals surface area contributed by atoms with Gasteiger partial charge in [-0.3, -0.25) is 4.98 Å². The lowest BCUT2D eigenvalue weighted by Crippen LogP contribution is -2.37. The summed E-state index contributed by atoms with van der Waals surface area (Å²) in [5.74, 6) is 0.600. The highest BCUT2D eigenvalue weighted by molar-refractivity contribution is 5.38. The van der Waals surface area contributed by atoms with E-state index in [4.69, 9.17) is 0 Å². The summed E-state index contributed by atoms with van der Waals surface area (Å²) in [6.07, 6.45) is 19.6. The zero-order valence-corrected chi connectivity index (χ0v) is 12.8. The van der Waals surface area contributed by atoms with Crippen molar-refractivity contribution < 1.29 is 0 Å². The Balaban J connectivity index is 1.72. The lowest BCUT2D eigenvalue weighted by molar-refractivity contribution is 0.226. The average molecular weight is 291 g/mol. The predicted molar refractivity (Wildman–Crippen MR) is 88.6 cm³/mol. The molecule has 1 aromatic rings. The van der Waals surface area contributed by atoms with Gasteiger partial charge < -0.3 is 10.2 Å². The number of hydrogen-bond acceptors (Lipinski definition) is 3. The first-order valence-electron chi connectivity index (χ1n) is 8.02. The summed E-state index contributed by atoms with van der Waals surface area (Å²) in [6, 6.07) is 4.57. The van der Waals surface area contributed by atoms with Crippen LogP contribution in [0.3, 0.4) is 0 Å². The number of nitrogens with zero attached hydrogens (tertiary/aromatic N) is 2. The molecule has 3 atom stereocenters. The molecular weight excluding hydrogens is 270 g/mol. The van der Waals surface area contributed by atoms with Crippen molar-refractivity contribution in [3.8, 4) is 0 Å². The summed E-state index contributed by atoms with van der Waals surface area (Å²) in [5, 5.41) is 3.74. The smallest absolute Gasteiger partial charge is 0.127 e. The Morgan fingerprint density at radius 1 is 1.27 bits per heavy atom. The van der Waals surface area contributed by atoms with Gasteiger partial charge in [-0.25, -0.2) is 0 Å². The van der Waals surface area contributed by atoms with Crippen molar-refractivity contribution in [2.75, 3.05) is 0 Å². The topological polar surface area (TPSA) is 28.2 Å². The molecule has 0 saturated heterocycles. The van der Waals surface area contributed by atoms with E-state index in [-0.39, 0.29) is 6.17 Å². The van der Waals surface area contributed by atoms with E-state index in [2.05, 4.69) is 64.6 Å². The minimum Gasteiger partial charge on any atom is -0.363 e. The molecule has 1 aromatic heterocycles. The Morgan fingerprint density at radius 2 is 2.23 bits per heavy atom. The van der Waals surface area contributed by atoms with Crippen molar-refractivity contribution in [2.45, 2.75) is 32.0 Å². The highest BCUT2D eigenvalue weighted by atomic mass is 15.3. The number of rotatable bonds is 2. The van der Waals surface area contributed by atoms with Crippen LogP contribution >= 0.6 is 0 Å². The number of aromatic nitrogens is 1. The second kappa shape index (κ2) is 5.48. The van der Waals surface area contributed by atoms with Gasteiger partial charge >= 0.3 is 0 Å². The zero-order chi connectivity index (χ0) is 14.9. The molecule has 3 nitrogen and oxygen atoms in total. The second-order valence-electron chi connectivity index (χ2n) is 6.26. The van der Waals surface area contributed by atoms with Crippen LogP contribution in [0.2, 0.25) is 0 Å². The van der Waals surface area contributed by atoms with Gasteiger partial charge in [-0.2, -0.15) is 0 Å². The lowest BCUT2D eigenvalue weighted by atomic mass is 9.97. The molecule has 2 aliphatic carbocycles. The molecule has 3 aliphatic rings. The van der Waals surface area contributed by atoms with Crippen LogP contribution in [-0.4, -0.2) is 15.9 Å². The molecule has 22 heavy (non-hydrogen) atoms. The van der Waals surface area contributed by atoms with Gasteiger partial charge in [0.1, 0.15) is 6.17 Å². The van der Waals surface area contributed by atoms with Crippen LogP contribution in [0.15, 0.2) is 72.4 Å². The molecule has 0 spiro atoms. The van der Waals surface area contributed by atoms with Gasteiger partial charge in [-0.05, 0) is 30.9 Å². The van der Waals surface area contributed by atoms with Gasteiger partial charge in [0.15, 0.2) is 0 Å². The molecular formula is C19H21N3. The molecule has 3 heteroatoms. The van der Waals surface area contributed by atoms with Crippen molar-refractivity contribution in [1.29, 1.82) is 0 Å². The number of nitrogens with one attached hydrogen (secondary N) is 1. The first-order valence-corrected chi connectivity index (χ1v) is 8.02. The molecule has 0 bridgehead atoms. The molecule has 1 N–H and O–H groups in total. The third-order valence-electron chi connectivity index (χ3n) is 4.60. The number of hydrogen-bond donors (Lipinski definition) is 1. The van der Waals surface area contributed by atoms with E-state index < -0.39 is 0 Å². The van der Waals surface area contributed by atoms with Crippen molar-refractivity contribution in [2.24, 2.45) is 5.92 Å². The maximum atomic E-state index is 4.31. The monoisotopic (exact) mass is 291 g/mol. The van der Waals surface area contributed by atoms with E-state index in [1.165, 1.54) is 17.0 Å². The van der Waals surface area contributed by atoms with E-state index in [9.17, 15) is 0 Å². The van der Waals surface area contributed by atoms with E-state index >= 15 is 0 Å². The van der Waals surface area contributed by atoms with E-state index in [0.29, 0.717) is 12.0 Å². The lowest BCUT2D eigenvalue weighted by Gasteiger charge is -2.35. The van der Waals surface area contributed by atoms with Gasteiger partial charge in [0, 0.05) is 23.7 Å². The van der Waals surface area contributed by atoms with Crippen LogP contribution in [0, 0.1) is 5.92 Å². The molecule has 4 rings (SSSR count). The van der Waals surface area contributed by atoms with Gasteiger partial charge in [-0.15, -0.1) is 0 Å². The highest BCUT2D eigenvalue weighted by Gasteiger charge is 2.36. The Hall–Kier alpha value is -2.29. The number of allylic oxidation sites excluding steroid dienone is 5. The molecule has 3 unspecified atom stereocenters. The zero-order valence-electron chi connectivity index (χ0n) is 12.8. The van der Waals surface area contributed by atoms with Gasteiger partial charge in [0.25, 0.3) is 0 Å². The Kier molecular flexibility index (Phi) is 3.34. The maximum absolute atomic E-state index is 4.31. The molecule has 1 aliphatic heterocycles. The highest BCUT2D eigenvalue weighted by Crippen LogP contribution is 2.39. The predicted octanol–water partition coefficient (Wildman–Crippen LogP) is 3.68. The fraction of sp³-hybridized carbons (Fsp3) is 0.316. The quantitative estimate of drug-likeness (QED) is 0.901. The summed E-state index contributed by atoms with van der Waals surface area (Å²) in [6.45, 7) is 2.27. The van der Waals surface area contributed by atoms with Gasteiger partial charge in [-0.1, -0.05) is 43.4 Å². The van der Waals surface area contributed by atoms with Crippen LogP contribution in [0.5, 0.6) is 0 Å². The average Bonchev–Trinajstić information content (AvgIpc) is 2.95. The Morgan fingerprint density at radius 3 is 3.00 bits per heavy atom. The third kappa shape index (κ3) is 2.27. The fourth-order valence-corrected chi connectivity index (χ4v) is 3.52. The summed E-state index contributed by atoms with van der Waals surface area (Å²) in [7, 11) is 0. The fourth-order valence-electron chi connectivity index (χ4n) is 3.52. The van der Waals surface area contributed by atoms with Crippen molar-refractivity contribution in [3.63, 3.8) is 0 Å². The standard InChI is InChI=1S/C19H21N3/c1-14-9-10-18-17(12-14)21-19(15-6-5-11-20-13-15)22(18)16-7-3-2-4-8-16/h2-7,9-11,13-14,16,19,21H,8,12H2,1H3. The minimum absolute atomic E-state index is 0.176. The normalized spacial score (nSPS) is 29.7. The summed E-state index contributed by atoms with van der Waals surface area (Å²) < 4.78 is 0. The van der Waals surface area contributed by atoms with Crippen LogP contribution in [-0.2, 0) is 0 Å². The molecule has 0 amide bonds. The SMILES string of the molecule is CC1C=CC2=C(C1)NC(c1cccnc1)N2C1C=CC=CC1. The molecule has 0 saturated carbocycles. The Bertz CT molecular complexity index is 669. The summed E-state index contributed by atoms with van der Waals surface area (Å²) >= 11 is 0. The summed E-state index contributed by atoms with van der Waals surface area (Å²) in [4.78, 5) is 6.81. The molecule has 0 radical (unpaired) electrons. The molecule has 0 aromatic carbocycles. The van der Waals surface area contributed by atoms with E-state index in [0.717, 1.165) is 12.8 Å². The number of pyridine rings is 1. The third-order valence-corrected chi connectivity index (χ3v) is 4.60. The maximum Gasteiger partial charge on any atom is 0.127 e. The Labute approximate surface area is 131 Å². The van der Waals surface area contributed by atoms with Crippen molar-refractivity contribution >= 4 is 0 Å². The van der Waals surface area contributed by atoms with E-state index in [1.54, 1.807) is 0 Å². The molecule has 0 fully saturated rings. The largest absolute Gasteiger partial charge is 0.363 e. The minimum atomic E-state index is 0.176. The van der Waals surface area contributed by atoms with Gasteiger partial charge in [0.2, 0.25) is 0 Å².